The third-order valence-corrected chi connectivity index (χ3v) is 6.02. The van der Waals surface area contributed by atoms with Crippen LogP contribution in [-0.2, 0) is 0 Å². The lowest BCUT2D eigenvalue weighted by molar-refractivity contribution is 0.333. The second-order valence-electron chi connectivity index (χ2n) is 6.18. The Bertz CT molecular complexity index is 497. The van der Waals surface area contributed by atoms with Crippen molar-refractivity contribution in [3.63, 3.8) is 0 Å². The third kappa shape index (κ3) is 2.77. The molecular formula is C16H20BrClFN. The summed E-state index contributed by atoms with van der Waals surface area (Å²) in [6, 6.07) is 3.84. The van der Waals surface area contributed by atoms with Crippen molar-refractivity contribution < 1.29 is 4.39 Å². The summed E-state index contributed by atoms with van der Waals surface area (Å²) in [6.07, 6.45) is 4.92. The second kappa shape index (κ2) is 5.94. The number of fused-ring (bicyclic) bond motifs is 1. The summed E-state index contributed by atoms with van der Waals surface area (Å²) in [6.45, 7) is 3.06. The Morgan fingerprint density at radius 3 is 2.70 bits per heavy atom. The molecule has 2 fully saturated rings. The zero-order chi connectivity index (χ0) is 14.3. The number of benzene rings is 1. The minimum atomic E-state index is -0.268. The van der Waals surface area contributed by atoms with Crippen LogP contribution in [0.3, 0.4) is 0 Å². The van der Waals surface area contributed by atoms with Gasteiger partial charge in [0.15, 0.2) is 0 Å². The van der Waals surface area contributed by atoms with E-state index in [2.05, 4.69) is 28.2 Å². The Labute approximate surface area is 133 Å². The average molecular weight is 361 g/mol. The molecule has 1 aromatic carbocycles. The van der Waals surface area contributed by atoms with Gasteiger partial charge in [0.25, 0.3) is 0 Å². The Balaban J connectivity index is 1.86. The van der Waals surface area contributed by atoms with E-state index < -0.39 is 0 Å². The summed E-state index contributed by atoms with van der Waals surface area (Å²) in [5.41, 5.74) is 0.734. The third-order valence-electron chi connectivity index (χ3n) is 4.77. The van der Waals surface area contributed by atoms with E-state index in [1.165, 1.54) is 19.3 Å². The zero-order valence-electron chi connectivity index (χ0n) is 11.6. The van der Waals surface area contributed by atoms with Crippen LogP contribution in [0.15, 0.2) is 16.6 Å². The van der Waals surface area contributed by atoms with Crippen LogP contribution < -0.4 is 5.32 Å². The van der Waals surface area contributed by atoms with E-state index in [4.69, 9.17) is 11.6 Å². The van der Waals surface area contributed by atoms with E-state index in [0.29, 0.717) is 10.4 Å². The molecule has 0 aromatic heterocycles. The first kappa shape index (κ1) is 14.8. The minimum Gasteiger partial charge on any atom is -0.310 e. The standard InChI is InChI=1S/C16H20BrClFN/c1-2-5-20-16(11-7-9-6-10(9)8-11)12-3-4-13(17)14(18)15(12)19/h3-4,9-11,16,20H,2,5-8H2,1H3. The molecule has 3 rings (SSSR count). The summed E-state index contributed by atoms with van der Waals surface area (Å²) in [5, 5.41) is 3.75. The van der Waals surface area contributed by atoms with Gasteiger partial charge in [0.1, 0.15) is 5.82 Å². The monoisotopic (exact) mass is 359 g/mol. The molecule has 1 aromatic rings. The summed E-state index contributed by atoms with van der Waals surface area (Å²) in [5.74, 6) is 2.09. The molecule has 3 atom stereocenters. The molecule has 2 aliphatic carbocycles. The number of rotatable bonds is 5. The predicted molar refractivity (Wildman–Crippen MR) is 84.5 cm³/mol. The van der Waals surface area contributed by atoms with Crippen LogP contribution in [-0.4, -0.2) is 6.54 Å². The maximum atomic E-state index is 14.5. The lowest BCUT2D eigenvalue weighted by Gasteiger charge is -2.27. The average Bonchev–Trinajstić information content (AvgIpc) is 3.05. The number of hydrogen-bond acceptors (Lipinski definition) is 1. The van der Waals surface area contributed by atoms with Gasteiger partial charge in [0.2, 0.25) is 0 Å². The maximum absolute atomic E-state index is 14.5. The predicted octanol–water partition coefficient (Wildman–Crippen LogP) is 5.33. The molecule has 3 unspecified atom stereocenters. The van der Waals surface area contributed by atoms with Crippen molar-refractivity contribution in [1.82, 2.24) is 5.32 Å². The quantitative estimate of drug-likeness (QED) is 0.700. The van der Waals surface area contributed by atoms with E-state index in [1.807, 2.05) is 12.1 Å². The molecule has 4 heteroatoms. The van der Waals surface area contributed by atoms with Crippen molar-refractivity contribution in [3.8, 4) is 0 Å². The first-order valence-corrected chi connectivity index (χ1v) is 8.65. The van der Waals surface area contributed by atoms with E-state index >= 15 is 0 Å². The number of halogens is 3. The van der Waals surface area contributed by atoms with Gasteiger partial charge in [-0.15, -0.1) is 0 Å². The maximum Gasteiger partial charge on any atom is 0.147 e. The van der Waals surface area contributed by atoms with E-state index in [9.17, 15) is 4.39 Å². The van der Waals surface area contributed by atoms with Crippen LogP contribution in [0.4, 0.5) is 4.39 Å². The Kier molecular flexibility index (Phi) is 4.40. The van der Waals surface area contributed by atoms with Crippen LogP contribution in [0.1, 0.15) is 44.2 Å². The lowest BCUT2D eigenvalue weighted by atomic mass is 9.88. The normalized spacial score (nSPS) is 29.3. The highest BCUT2D eigenvalue weighted by Crippen LogP contribution is 2.57. The minimum absolute atomic E-state index is 0.105. The van der Waals surface area contributed by atoms with Crippen LogP contribution >= 0.6 is 27.5 Å². The van der Waals surface area contributed by atoms with Gasteiger partial charge in [0.05, 0.1) is 5.02 Å². The van der Waals surface area contributed by atoms with E-state index in [0.717, 1.165) is 30.4 Å². The van der Waals surface area contributed by atoms with Crippen molar-refractivity contribution in [1.29, 1.82) is 0 Å². The zero-order valence-corrected chi connectivity index (χ0v) is 14.0. The Hall–Kier alpha value is -0.120. The molecule has 0 radical (unpaired) electrons. The molecular weight excluding hydrogens is 341 g/mol. The molecule has 0 bridgehead atoms. The SMILES string of the molecule is CCCNC(c1ccc(Br)c(Cl)c1F)C1CC2CC2C1. The molecule has 0 amide bonds. The number of nitrogens with one attached hydrogen (secondary N) is 1. The summed E-state index contributed by atoms with van der Waals surface area (Å²) >= 11 is 9.35. The van der Waals surface area contributed by atoms with Crippen molar-refractivity contribution in [2.24, 2.45) is 17.8 Å². The van der Waals surface area contributed by atoms with Crippen LogP contribution in [0.2, 0.25) is 5.02 Å². The summed E-state index contributed by atoms with van der Waals surface area (Å²) in [4.78, 5) is 0. The van der Waals surface area contributed by atoms with Gasteiger partial charge in [0, 0.05) is 16.1 Å². The molecule has 2 saturated carbocycles. The second-order valence-corrected chi connectivity index (χ2v) is 7.42. The Morgan fingerprint density at radius 1 is 1.35 bits per heavy atom. The lowest BCUT2D eigenvalue weighted by Crippen LogP contribution is -2.29. The van der Waals surface area contributed by atoms with Crippen molar-refractivity contribution in [2.45, 2.75) is 38.6 Å². The fourth-order valence-corrected chi connectivity index (χ4v) is 4.12. The van der Waals surface area contributed by atoms with Crippen molar-refractivity contribution >= 4 is 27.5 Å². The largest absolute Gasteiger partial charge is 0.310 e. The van der Waals surface area contributed by atoms with Crippen LogP contribution in [0.25, 0.3) is 0 Å². The van der Waals surface area contributed by atoms with Crippen molar-refractivity contribution in [3.05, 3.63) is 33.0 Å². The molecule has 0 spiro atoms. The van der Waals surface area contributed by atoms with Gasteiger partial charge in [-0.1, -0.05) is 24.6 Å². The molecule has 1 nitrogen and oxygen atoms in total. The molecule has 0 aliphatic heterocycles. The molecule has 2 aliphatic rings. The van der Waals surface area contributed by atoms with Crippen LogP contribution in [0, 0.1) is 23.6 Å². The highest BCUT2D eigenvalue weighted by molar-refractivity contribution is 9.10. The number of hydrogen-bond donors (Lipinski definition) is 1. The molecule has 0 saturated heterocycles. The van der Waals surface area contributed by atoms with Gasteiger partial charge in [-0.3, -0.25) is 0 Å². The molecule has 110 valence electrons. The topological polar surface area (TPSA) is 12.0 Å². The van der Waals surface area contributed by atoms with E-state index in [1.54, 1.807) is 0 Å². The van der Waals surface area contributed by atoms with Gasteiger partial charge in [-0.2, -0.15) is 0 Å². The first-order valence-electron chi connectivity index (χ1n) is 7.48. The van der Waals surface area contributed by atoms with Gasteiger partial charge in [-0.25, -0.2) is 4.39 Å². The van der Waals surface area contributed by atoms with Crippen LogP contribution in [0.5, 0.6) is 0 Å². The summed E-state index contributed by atoms with van der Waals surface area (Å²) < 4.78 is 15.1. The van der Waals surface area contributed by atoms with Gasteiger partial charge in [-0.05, 0) is 72.0 Å². The molecule has 20 heavy (non-hydrogen) atoms. The summed E-state index contributed by atoms with van der Waals surface area (Å²) in [7, 11) is 0. The fraction of sp³-hybridized carbons (Fsp3) is 0.625. The Morgan fingerprint density at radius 2 is 2.05 bits per heavy atom. The molecule has 1 N–H and O–H groups in total. The van der Waals surface area contributed by atoms with Gasteiger partial charge < -0.3 is 5.32 Å². The first-order chi connectivity index (χ1) is 9.61. The smallest absolute Gasteiger partial charge is 0.147 e. The highest BCUT2D eigenvalue weighted by Gasteiger charge is 2.48. The molecule has 0 heterocycles. The van der Waals surface area contributed by atoms with Crippen molar-refractivity contribution in [2.75, 3.05) is 6.54 Å². The highest BCUT2D eigenvalue weighted by atomic mass is 79.9. The van der Waals surface area contributed by atoms with Gasteiger partial charge >= 0.3 is 0 Å². The fourth-order valence-electron chi connectivity index (χ4n) is 3.65. The van der Waals surface area contributed by atoms with E-state index in [-0.39, 0.29) is 16.9 Å².